The van der Waals surface area contributed by atoms with E-state index in [-0.39, 0.29) is 5.75 Å². The van der Waals surface area contributed by atoms with Crippen LogP contribution >= 0.6 is 23.4 Å². The van der Waals surface area contributed by atoms with Crippen LogP contribution in [0.5, 0.6) is 0 Å². The molecule has 0 bridgehead atoms. The molecule has 0 aliphatic carbocycles. The number of carbonyl (C=O) groups excluding carboxylic acids is 3. The normalized spacial score (nSPS) is 18.0. The van der Waals surface area contributed by atoms with Gasteiger partial charge in [-0.25, -0.2) is 4.79 Å². The fourth-order valence-electron chi connectivity index (χ4n) is 3.42. The summed E-state index contributed by atoms with van der Waals surface area (Å²) in [5.74, 6) is -0.262. The summed E-state index contributed by atoms with van der Waals surface area (Å²) in [7, 11) is 0. The van der Waals surface area contributed by atoms with Crippen molar-refractivity contribution in [3.8, 4) is 11.4 Å². The molecule has 11 heteroatoms. The van der Waals surface area contributed by atoms with Crippen molar-refractivity contribution in [1.29, 1.82) is 0 Å². The van der Waals surface area contributed by atoms with Crippen molar-refractivity contribution in [3.63, 3.8) is 0 Å². The molecule has 1 aromatic carbocycles. The average molecular weight is 493 g/mol. The molecule has 1 aliphatic heterocycles. The van der Waals surface area contributed by atoms with E-state index in [2.05, 4.69) is 27.9 Å². The predicted molar refractivity (Wildman–Crippen MR) is 128 cm³/mol. The minimum atomic E-state index is -1.01. The molecule has 1 atom stereocenters. The van der Waals surface area contributed by atoms with Gasteiger partial charge in [0.15, 0.2) is 11.0 Å². The quantitative estimate of drug-likeness (QED) is 0.278. The zero-order valence-corrected chi connectivity index (χ0v) is 20.6. The van der Waals surface area contributed by atoms with Crippen molar-refractivity contribution in [2.75, 3.05) is 5.75 Å². The predicted octanol–water partition coefficient (Wildman–Crippen LogP) is 4.02. The van der Waals surface area contributed by atoms with E-state index >= 15 is 0 Å². The summed E-state index contributed by atoms with van der Waals surface area (Å²) in [6.45, 7) is 6.31. The fourth-order valence-corrected chi connectivity index (χ4v) is 4.30. The van der Waals surface area contributed by atoms with Crippen molar-refractivity contribution in [3.05, 3.63) is 29.3 Å². The highest BCUT2D eigenvalue weighted by atomic mass is 35.5. The van der Waals surface area contributed by atoms with E-state index in [1.807, 2.05) is 16.7 Å². The standard InChI is InChI=1S/C22H29ClN6O3S/c1-4-6-7-8-13-28-18(15-9-11-16(23)12-10-15)25-26-21(28)33-14-17(30)27-29-19(31)22(3,5-2)24-20(29)32/h9-12H,4-8,13-14H2,1-3H3,(H,24,32)(H,27,30)/t22-/m1/s1. The van der Waals surface area contributed by atoms with Gasteiger partial charge in [0.2, 0.25) is 5.91 Å². The van der Waals surface area contributed by atoms with Crippen LogP contribution in [0.25, 0.3) is 11.4 Å². The number of hydrogen-bond donors (Lipinski definition) is 2. The molecule has 1 saturated heterocycles. The number of urea groups is 1. The zero-order chi connectivity index (χ0) is 24.0. The second kappa shape index (κ2) is 11.0. The van der Waals surface area contributed by atoms with E-state index in [9.17, 15) is 14.4 Å². The van der Waals surface area contributed by atoms with Crippen molar-refractivity contribution in [2.24, 2.45) is 0 Å². The number of nitrogens with one attached hydrogen (secondary N) is 2. The molecule has 33 heavy (non-hydrogen) atoms. The summed E-state index contributed by atoms with van der Waals surface area (Å²) in [6, 6.07) is 6.74. The van der Waals surface area contributed by atoms with Crippen LogP contribution in [0.2, 0.25) is 5.02 Å². The number of rotatable bonds is 11. The van der Waals surface area contributed by atoms with E-state index in [1.165, 1.54) is 11.8 Å². The van der Waals surface area contributed by atoms with Crippen molar-refractivity contribution in [1.82, 2.24) is 30.5 Å². The fraction of sp³-hybridized carbons (Fsp3) is 0.500. The van der Waals surface area contributed by atoms with Crippen LogP contribution in [0.15, 0.2) is 29.4 Å². The van der Waals surface area contributed by atoms with Crippen LogP contribution in [-0.4, -0.2) is 48.9 Å². The van der Waals surface area contributed by atoms with Gasteiger partial charge in [0.25, 0.3) is 5.91 Å². The lowest BCUT2D eigenvalue weighted by Crippen LogP contribution is -2.49. The average Bonchev–Trinajstić information content (AvgIpc) is 3.30. The van der Waals surface area contributed by atoms with Crippen molar-refractivity contribution >= 4 is 41.2 Å². The highest BCUT2D eigenvalue weighted by molar-refractivity contribution is 7.99. The first-order valence-electron chi connectivity index (χ1n) is 11.1. The summed E-state index contributed by atoms with van der Waals surface area (Å²) in [4.78, 5) is 37.1. The largest absolute Gasteiger partial charge is 0.344 e. The molecule has 1 fully saturated rings. The van der Waals surface area contributed by atoms with Crippen molar-refractivity contribution in [2.45, 2.75) is 70.1 Å². The molecular formula is C22H29ClN6O3S. The third kappa shape index (κ3) is 5.86. The van der Waals surface area contributed by atoms with Crippen LogP contribution in [0.1, 0.15) is 52.9 Å². The Morgan fingerprint density at radius 3 is 2.52 bits per heavy atom. The molecule has 9 nitrogen and oxygen atoms in total. The van der Waals surface area contributed by atoms with E-state index in [4.69, 9.17) is 11.6 Å². The number of benzene rings is 1. The van der Waals surface area contributed by atoms with Gasteiger partial charge >= 0.3 is 6.03 Å². The summed E-state index contributed by atoms with van der Waals surface area (Å²) in [6.07, 6.45) is 4.75. The van der Waals surface area contributed by atoms with Crippen LogP contribution in [0, 0.1) is 0 Å². The molecule has 1 aliphatic rings. The molecule has 4 amide bonds. The van der Waals surface area contributed by atoms with Gasteiger partial charge in [-0.3, -0.25) is 15.0 Å². The number of unbranched alkanes of at least 4 members (excludes halogenated alkanes) is 3. The maximum atomic E-state index is 12.5. The lowest BCUT2D eigenvalue weighted by atomic mass is 10.00. The van der Waals surface area contributed by atoms with Crippen LogP contribution < -0.4 is 10.7 Å². The third-order valence-electron chi connectivity index (χ3n) is 5.59. The highest BCUT2D eigenvalue weighted by Crippen LogP contribution is 2.26. The Hall–Kier alpha value is -2.59. The van der Waals surface area contributed by atoms with Gasteiger partial charge in [-0.05, 0) is 44.0 Å². The van der Waals surface area contributed by atoms with E-state index in [1.54, 1.807) is 26.0 Å². The Bertz CT molecular complexity index is 1010. The second-order valence-electron chi connectivity index (χ2n) is 8.11. The van der Waals surface area contributed by atoms with Crippen LogP contribution in [0.3, 0.4) is 0 Å². The van der Waals surface area contributed by atoms with E-state index in [0.29, 0.717) is 22.4 Å². The van der Waals surface area contributed by atoms with Gasteiger partial charge < -0.3 is 9.88 Å². The topological polar surface area (TPSA) is 109 Å². The minimum Gasteiger partial charge on any atom is -0.322 e. The molecule has 178 valence electrons. The summed E-state index contributed by atoms with van der Waals surface area (Å²) >= 11 is 7.23. The smallest absolute Gasteiger partial charge is 0.322 e. The van der Waals surface area contributed by atoms with E-state index in [0.717, 1.165) is 42.8 Å². The SMILES string of the molecule is CCCCCCn1c(SCC(=O)NN2C(=O)N[C@](C)(CC)C2=O)nnc1-c1ccc(Cl)cc1. The maximum Gasteiger partial charge on any atom is 0.344 e. The molecule has 0 radical (unpaired) electrons. The molecule has 0 saturated carbocycles. The van der Waals surface area contributed by atoms with Crippen LogP contribution in [0.4, 0.5) is 4.79 Å². The second-order valence-corrected chi connectivity index (χ2v) is 9.48. The molecule has 2 heterocycles. The lowest BCUT2D eigenvalue weighted by molar-refractivity contribution is -0.137. The molecule has 2 N–H and O–H groups in total. The number of thioether (sulfide) groups is 1. The number of hydrazine groups is 1. The van der Waals surface area contributed by atoms with Gasteiger partial charge in [0.05, 0.1) is 5.75 Å². The Morgan fingerprint density at radius 1 is 1.15 bits per heavy atom. The Labute approximate surface area is 202 Å². The Balaban J connectivity index is 1.69. The third-order valence-corrected chi connectivity index (χ3v) is 6.81. The Kier molecular flexibility index (Phi) is 8.36. The van der Waals surface area contributed by atoms with Gasteiger partial charge in [-0.1, -0.05) is 56.5 Å². The first-order chi connectivity index (χ1) is 15.8. The molecule has 2 aromatic rings. The number of hydrogen-bond acceptors (Lipinski definition) is 6. The maximum absolute atomic E-state index is 12.5. The number of halogens is 1. The highest BCUT2D eigenvalue weighted by Gasteiger charge is 2.47. The summed E-state index contributed by atoms with van der Waals surface area (Å²) < 4.78 is 2.00. The molecule has 3 rings (SSSR count). The van der Waals surface area contributed by atoms with Gasteiger partial charge in [-0.15, -0.1) is 10.2 Å². The van der Waals surface area contributed by atoms with Gasteiger partial charge in [-0.2, -0.15) is 5.01 Å². The number of nitrogens with zero attached hydrogens (tertiary/aromatic N) is 4. The number of imide groups is 1. The first kappa shape index (κ1) is 25.0. The molecular weight excluding hydrogens is 464 g/mol. The summed E-state index contributed by atoms with van der Waals surface area (Å²) in [5.41, 5.74) is 2.28. The van der Waals surface area contributed by atoms with Gasteiger partial charge in [0.1, 0.15) is 5.54 Å². The first-order valence-corrected chi connectivity index (χ1v) is 12.4. The van der Waals surface area contributed by atoms with E-state index < -0.39 is 23.4 Å². The minimum absolute atomic E-state index is 0.0202. The molecule has 1 aromatic heterocycles. The molecule has 0 spiro atoms. The van der Waals surface area contributed by atoms with Gasteiger partial charge in [0, 0.05) is 17.1 Å². The monoisotopic (exact) mass is 492 g/mol. The summed E-state index contributed by atoms with van der Waals surface area (Å²) in [5, 5.41) is 13.2. The van der Waals surface area contributed by atoms with Crippen LogP contribution in [-0.2, 0) is 16.1 Å². The number of carbonyl (C=O) groups is 3. The lowest BCUT2D eigenvalue weighted by Gasteiger charge is -2.19. The van der Waals surface area contributed by atoms with Crippen molar-refractivity contribution < 1.29 is 14.4 Å². The zero-order valence-electron chi connectivity index (χ0n) is 19.1. The number of amides is 4. The number of aromatic nitrogens is 3. The molecule has 0 unspecified atom stereocenters. The Morgan fingerprint density at radius 2 is 1.88 bits per heavy atom.